The Hall–Kier alpha value is -1.39. The molecule has 0 amide bonds. The van der Waals surface area contributed by atoms with E-state index in [9.17, 15) is 0 Å². The summed E-state index contributed by atoms with van der Waals surface area (Å²) in [5, 5.41) is 7.06. The number of hydrogen-bond donors (Lipinski definition) is 2. The predicted molar refractivity (Wildman–Crippen MR) is 104 cm³/mol. The first-order valence-corrected chi connectivity index (χ1v) is 8.64. The average molecular weight is 377 g/mol. The fourth-order valence-corrected chi connectivity index (χ4v) is 2.89. The molecule has 0 aromatic heterocycles. The minimum atomic E-state index is 0.588. The van der Waals surface area contributed by atoms with Crippen molar-refractivity contribution < 1.29 is 0 Å². The molecule has 2 aromatic carbocycles. The summed E-state index contributed by atoms with van der Waals surface area (Å²) >= 11 is 8.85. The number of thiocarbonyl (C=S) groups is 1. The first-order valence-electron chi connectivity index (χ1n) is 7.43. The first kappa shape index (κ1) is 17.0. The molecule has 0 bridgehead atoms. The van der Waals surface area contributed by atoms with Gasteiger partial charge in [-0.3, -0.25) is 0 Å². The summed E-state index contributed by atoms with van der Waals surface area (Å²) < 4.78 is 1.06. The topological polar surface area (TPSA) is 24.1 Å². The number of aryl methyl sites for hydroxylation is 1. The zero-order valence-corrected chi connectivity index (χ0v) is 15.5. The maximum Gasteiger partial charge on any atom is 0.175 e. The monoisotopic (exact) mass is 376 g/mol. The third-order valence-corrected chi connectivity index (χ3v) is 4.48. The molecule has 1 atom stereocenters. The van der Waals surface area contributed by atoms with E-state index in [0.29, 0.717) is 11.0 Å². The van der Waals surface area contributed by atoms with Crippen LogP contribution in [0.1, 0.15) is 37.3 Å². The second kappa shape index (κ2) is 7.75. The van der Waals surface area contributed by atoms with Crippen LogP contribution in [-0.4, -0.2) is 5.11 Å². The van der Waals surface area contributed by atoms with Crippen LogP contribution in [0.2, 0.25) is 0 Å². The Labute approximate surface area is 146 Å². The van der Waals surface area contributed by atoms with E-state index in [-0.39, 0.29) is 0 Å². The molecule has 0 heterocycles. The summed E-state index contributed by atoms with van der Waals surface area (Å²) in [6, 6.07) is 14.5. The normalized spacial score (nSPS) is 11.8. The van der Waals surface area contributed by atoms with Crippen LogP contribution in [0.5, 0.6) is 0 Å². The fourth-order valence-electron chi connectivity index (χ4n) is 2.18. The van der Waals surface area contributed by atoms with Gasteiger partial charge in [0.1, 0.15) is 0 Å². The molecular formula is C18H21BrN2S. The average Bonchev–Trinajstić information content (AvgIpc) is 2.50. The van der Waals surface area contributed by atoms with Gasteiger partial charge in [0.2, 0.25) is 0 Å². The molecule has 2 nitrogen and oxygen atoms in total. The fraction of sp³-hybridized carbons (Fsp3) is 0.278. The zero-order valence-electron chi connectivity index (χ0n) is 13.1. The summed E-state index contributed by atoms with van der Waals surface area (Å²) in [4.78, 5) is 0. The SMILES string of the molecule is CCC(C)c1ccc(NC(=S)Nc2ccc(Br)cc2C)cc1. The van der Waals surface area contributed by atoms with Gasteiger partial charge in [-0.1, -0.05) is 41.9 Å². The van der Waals surface area contributed by atoms with Crippen LogP contribution in [-0.2, 0) is 0 Å². The Morgan fingerprint density at radius 3 is 2.41 bits per heavy atom. The van der Waals surface area contributed by atoms with Gasteiger partial charge in [-0.05, 0) is 72.9 Å². The highest BCUT2D eigenvalue weighted by Gasteiger charge is 2.05. The number of hydrogen-bond acceptors (Lipinski definition) is 1. The molecular weight excluding hydrogens is 356 g/mol. The second-order valence-electron chi connectivity index (χ2n) is 5.47. The summed E-state index contributed by atoms with van der Waals surface area (Å²) in [5.74, 6) is 0.588. The molecule has 0 fully saturated rings. The Morgan fingerprint density at radius 2 is 1.82 bits per heavy atom. The van der Waals surface area contributed by atoms with Crippen LogP contribution in [0, 0.1) is 6.92 Å². The molecule has 116 valence electrons. The van der Waals surface area contributed by atoms with Gasteiger partial charge in [0.15, 0.2) is 5.11 Å². The highest BCUT2D eigenvalue weighted by molar-refractivity contribution is 9.10. The van der Waals surface area contributed by atoms with Gasteiger partial charge in [0, 0.05) is 15.8 Å². The molecule has 2 aromatic rings. The van der Waals surface area contributed by atoms with E-state index in [2.05, 4.69) is 77.7 Å². The third-order valence-electron chi connectivity index (χ3n) is 3.79. The lowest BCUT2D eigenvalue weighted by Crippen LogP contribution is -2.19. The number of benzene rings is 2. The summed E-state index contributed by atoms with van der Waals surface area (Å²) in [5.41, 5.74) is 4.51. The number of nitrogens with one attached hydrogen (secondary N) is 2. The minimum Gasteiger partial charge on any atom is -0.332 e. The van der Waals surface area contributed by atoms with Gasteiger partial charge in [-0.25, -0.2) is 0 Å². The zero-order chi connectivity index (χ0) is 16.1. The molecule has 0 saturated carbocycles. The van der Waals surface area contributed by atoms with Crippen molar-refractivity contribution in [2.45, 2.75) is 33.1 Å². The van der Waals surface area contributed by atoms with Crippen molar-refractivity contribution in [3.63, 3.8) is 0 Å². The van der Waals surface area contributed by atoms with Gasteiger partial charge in [0.05, 0.1) is 0 Å². The highest BCUT2D eigenvalue weighted by atomic mass is 79.9. The summed E-state index contributed by atoms with van der Waals surface area (Å²) in [6.07, 6.45) is 1.15. The molecule has 0 radical (unpaired) electrons. The third kappa shape index (κ3) is 4.55. The van der Waals surface area contributed by atoms with Gasteiger partial charge in [-0.2, -0.15) is 0 Å². The Morgan fingerprint density at radius 1 is 1.14 bits per heavy atom. The van der Waals surface area contributed by atoms with Gasteiger partial charge < -0.3 is 10.6 Å². The van der Waals surface area contributed by atoms with E-state index in [1.165, 1.54) is 5.56 Å². The maximum absolute atomic E-state index is 5.38. The highest BCUT2D eigenvalue weighted by Crippen LogP contribution is 2.22. The van der Waals surface area contributed by atoms with E-state index >= 15 is 0 Å². The number of rotatable bonds is 4. The Kier molecular flexibility index (Phi) is 5.98. The lowest BCUT2D eigenvalue weighted by molar-refractivity contribution is 0.734. The molecule has 2 rings (SSSR count). The van der Waals surface area contributed by atoms with Gasteiger partial charge in [-0.15, -0.1) is 0 Å². The predicted octanol–water partition coefficient (Wildman–Crippen LogP) is 6.08. The smallest absolute Gasteiger partial charge is 0.175 e. The van der Waals surface area contributed by atoms with E-state index in [4.69, 9.17) is 12.2 Å². The van der Waals surface area contributed by atoms with Crippen LogP contribution < -0.4 is 10.6 Å². The Balaban J connectivity index is 1.99. The maximum atomic E-state index is 5.38. The van der Waals surface area contributed by atoms with Crippen LogP contribution in [0.15, 0.2) is 46.9 Å². The van der Waals surface area contributed by atoms with E-state index in [1.54, 1.807) is 0 Å². The number of halogens is 1. The largest absolute Gasteiger partial charge is 0.332 e. The lowest BCUT2D eigenvalue weighted by atomic mass is 9.99. The Bertz CT molecular complexity index is 653. The molecule has 0 aliphatic carbocycles. The minimum absolute atomic E-state index is 0.588. The van der Waals surface area contributed by atoms with Crippen molar-refractivity contribution in [3.8, 4) is 0 Å². The molecule has 1 unspecified atom stereocenters. The van der Waals surface area contributed by atoms with Crippen molar-refractivity contribution in [2.75, 3.05) is 10.6 Å². The second-order valence-corrected chi connectivity index (χ2v) is 6.79. The molecule has 0 spiro atoms. The van der Waals surface area contributed by atoms with Crippen molar-refractivity contribution >= 4 is 44.6 Å². The van der Waals surface area contributed by atoms with Crippen LogP contribution in [0.4, 0.5) is 11.4 Å². The van der Waals surface area contributed by atoms with Gasteiger partial charge >= 0.3 is 0 Å². The van der Waals surface area contributed by atoms with E-state index in [0.717, 1.165) is 27.8 Å². The number of anilines is 2. The molecule has 4 heteroatoms. The van der Waals surface area contributed by atoms with Crippen LogP contribution in [0.25, 0.3) is 0 Å². The first-order chi connectivity index (χ1) is 10.5. The molecule has 22 heavy (non-hydrogen) atoms. The van der Waals surface area contributed by atoms with Crippen molar-refractivity contribution in [3.05, 3.63) is 58.1 Å². The standard InChI is InChI=1S/C18H21BrN2S/c1-4-12(2)14-5-8-16(9-6-14)20-18(22)21-17-10-7-15(19)11-13(17)3/h5-12H,4H2,1-3H3,(H2,20,21,22). The quantitative estimate of drug-likeness (QED) is 0.632. The van der Waals surface area contributed by atoms with Crippen molar-refractivity contribution in [1.82, 2.24) is 0 Å². The molecule has 0 saturated heterocycles. The summed E-state index contributed by atoms with van der Waals surface area (Å²) in [6.45, 7) is 6.50. The van der Waals surface area contributed by atoms with Crippen molar-refractivity contribution in [1.29, 1.82) is 0 Å². The van der Waals surface area contributed by atoms with Crippen LogP contribution >= 0.6 is 28.1 Å². The van der Waals surface area contributed by atoms with Crippen LogP contribution in [0.3, 0.4) is 0 Å². The molecule has 2 N–H and O–H groups in total. The lowest BCUT2D eigenvalue weighted by Gasteiger charge is -2.14. The van der Waals surface area contributed by atoms with E-state index in [1.807, 2.05) is 12.1 Å². The molecule has 0 aliphatic heterocycles. The van der Waals surface area contributed by atoms with E-state index < -0.39 is 0 Å². The van der Waals surface area contributed by atoms with Gasteiger partial charge in [0.25, 0.3) is 0 Å². The molecule has 0 aliphatic rings. The summed E-state index contributed by atoms with van der Waals surface area (Å²) in [7, 11) is 0. The van der Waals surface area contributed by atoms with Crippen molar-refractivity contribution in [2.24, 2.45) is 0 Å².